The largest absolute Gasteiger partial charge is 0.489 e. The molecule has 1 heterocycles. The molecule has 0 amide bonds. The van der Waals surface area contributed by atoms with Crippen molar-refractivity contribution in [2.45, 2.75) is 38.6 Å². The molecule has 7 heteroatoms. The zero-order valence-electron chi connectivity index (χ0n) is 18.4. The van der Waals surface area contributed by atoms with Gasteiger partial charge in [-0.15, -0.1) is 24.8 Å². The lowest BCUT2D eigenvalue weighted by Crippen LogP contribution is -2.41. The molecule has 0 aliphatic carbocycles. The third-order valence-corrected chi connectivity index (χ3v) is 6.39. The Kier molecular flexibility index (Phi) is 11.8. The van der Waals surface area contributed by atoms with Crippen LogP contribution in [-0.4, -0.2) is 24.0 Å². The Morgan fingerprint density at radius 1 is 0.848 bits per heavy atom. The number of nitrogens with zero attached hydrogens (tertiary/aromatic N) is 1. The van der Waals surface area contributed by atoms with Gasteiger partial charge in [-0.2, -0.15) is 0 Å². The molecule has 0 atom stereocenters. The van der Waals surface area contributed by atoms with Gasteiger partial charge < -0.3 is 10.1 Å². The number of piperidine rings is 1. The summed E-state index contributed by atoms with van der Waals surface area (Å²) in [6.45, 7) is 4.42. The van der Waals surface area contributed by atoms with Gasteiger partial charge in [0.05, 0.1) is 0 Å². The molecule has 0 saturated carbocycles. The van der Waals surface area contributed by atoms with Gasteiger partial charge in [-0.05, 0) is 55.8 Å². The van der Waals surface area contributed by atoms with Crippen molar-refractivity contribution in [3.8, 4) is 5.75 Å². The molecule has 4 rings (SSSR count). The lowest BCUT2D eigenvalue weighted by atomic mass is 10.0. The van der Waals surface area contributed by atoms with E-state index >= 15 is 0 Å². The van der Waals surface area contributed by atoms with Crippen LogP contribution in [0.3, 0.4) is 0 Å². The zero-order valence-corrected chi connectivity index (χ0v) is 21.5. The summed E-state index contributed by atoms with van der Waals surface area (Å²) < 4.78 is 6.09. The number of likely N-dealkylation sites (tertiary alicyclic amines) is 1. The summed E-state index contributed by atoms with van der Waals surface area (Å²) in [6.07, 6.45) is 2.28. The van der Waals surface area contributed by atoms with Crippen molar-refractivity contribution < 1.29 is 4.74 Å². The molecule has 1 aliphatic heterocycles. The molecule has 0 radical (unpaired) electrons. The molecule has 3 aromatic carbocycles. The Morgan fingerprint density at radius 2 is 1.55 bits per heavy atom. The maximum atomic E-state index is 6.27. The van der Waals surface area contributed by atoms with Crippen molar-refractivity contribution in [2.75, 3.05) is 13.1 Å². The van der Waals surface area contributed by atoms with Crippen molar-refractivity contribution in [2.24, 2.45) is 0 Å². The molecule has 0 unspecified atom stereocenters. The van der Waals surface area contributed by atoms with E-state index in [0.29, 0.717) is 12.6 Å². The van der Waals surface area contributed by atoms with Gasteiger partial charge >= 0.3 is 0 Å². The minimum absolute atomic E-state index is 0. The van der Waals surface area contributed by atoms with E-state index in [1.54, 1.807) is 0 Å². The van der Waals surface area contributed by atoms with E-state index in [9.17, 15) is 0 Å². The van der Waals surface area contributed by atoms with Crippen LogP contribution >= 0.6 is 48.0 Å². The first-order valence-corrected chi connectivity index (χ1v) is 11.6. The highest BCUT2D eigenvalue weighted by molar-refractivity contribution is 6.31. The van der Waals surface area contributed by atoms with E-state index in [0.717, 1.165) is 65.9 Å². The standard InChI is InChI=1S/C26H28Cl2N2O.2ClH/c27-23-10-11-26(31-19-21-8-4-5-9-25(21)28)22(16-23)17-29-24-12-14-30(15-13-24)18-20-6-2-1-3-7-20;;/h1-11,16,24,29H,12-15,17-19H2;2*1H. The van der Waals surface area contributed by atoms with Crippen LogP contribution in [0.4, 0.5) is 0 Å². The number of benzene rings is 3. The van der Waals surface area contributed by atoms with Gasteiger partial charge in [-0.25, -0.2) is 0 Å². The minimum Gasteiger partial charge on any atom is -0.489 e. The van der Waals surface area contributed by atoms with E-state index in [4.69, 9.17) is 27.9 Å². The Bertz CT molecular complexity index is 979. The number of ether oxygens (including phenoxy) is 1. The number of halogens is 4. The highest BCUT2D eigenvalue weighted by Gasteiger charge is 2.19. The first kappa shape index (κ1) is 27.8. The molecule has 3 nitrogen and oxygen atoms in total. The van der Waals surface area contributed by atoms with Gasteiger partial charge in [-0.3, -0.25) is 4.90 Å². The summed E-state index contributed by atoms with van der Waals surface area (Å²) in [4.78, 5) is 2.53. The molecule has 0 aromatic heterocycles. The van der Waals surface area contributed by atoms with Crippen molar-refractivity contribution in [3.63, 3.8) is 0 Å². The average molecular weight is 528 g/mol. The topological polar surface area (TPSA) is 24.5 Å². The predicted molar refractivity (Wildman–Crippen MR) is 143 cm³/mol. The minimum atomic E-state index is 0. The molecule has 1 saturated heterocycles. The summed E-state index contributed by atoms with van der Waals surface area (Å²) in [5.74, 6) is 0.846. The zero-order chi connectivity index (χ0) is 21.5. The second kappa shape index (κ2) is 14.1. The van der Waals surface area contributed by atoms with Crippen molar-refractivity contribution >= 4 is 48.0 Å². The fourth-order valence-corrected chi connectivity index (χ4v) is 4.37. The molecular formula is C26H30Cl4N2O. The lowest BCUT2D eigenvalue weighted by molar-refractivity contribution is 0.189. The predicted octanol–water partition coefficient (Wildman–Crippen LogP) is 7.17. The third kappa shape index (κ3) is 8.36. The smallest absolute Gasteiger partial charge is 0.124 e. The van der Waals surface area contributed by atoms with Crippen LogP contribution in [-0.2, 0) is 19.7 Å². The second-order valence-electron chi connectivity index (χ2n) is 8.05. The third-order valence-electron chi connectivity index (χ3n) is 5.78. The summed E-state index contributed by atoms with van der Waals surface area (Å²) >= 11 is 12.5. The fourth-order valence-electron chi connectivity index (χ4n) is 3.99. The Hall–Kier alpha value is -1.46. The van der Waals surface area contributed by atoms with Crippen molar-refractivity contribution in [3.05, 3.63) is 99.5 Å². The summed E-state index contributed by atoms with van der Waals surface area (Å²) in [7, 11) is 0. The van der Waals surface area contributed by atoms with Crippen LogP contribution in [0.1, 0.15) is 29.5 Å². The van der Waals surface area contributed by atoms with Crippen LogP contribution < -0.4 is 10.1 Å². The highest BCUT2D eigenvalue weighted by atomic mass is 35.5. The first-order valence-electron chi connectivity index (χ1n) is 10.8. The Morgan fingerprint density at radius 3 is 2.27 bits per heavy atom. The molecule has 178 valence electrons. The van der Waals surface area contributed by atoms with Gasteiger partial charge in [0.1, 0.15) is 12.4 Å². The molecule has 1 fully saturated rings. The van der Waals surface area contributed by atoms with Crippen LogP contribution in [0.2, 0.25) is 10.0 Å². The molecular weight excluding hydrogens is 498 g/mol. The maximum absolute atomic E-state index is 6.27. The van der Waals surface area contributed by atoms with E-state index < -0.39 is 0 Å². The Labute approximate surface area is 219 Å². The molecule has 0 bridgehead atoms. The monoisotopic (exact) mass is 526 g/mol. The van der Waals surface area contributed by atoms with Crippen LogP contribution in [0.15, 0.2) is 72.8 Å². The number of hydrogen-bond donors (Lipinski definition) is 1. The van der Waals surface area contributed by atoms with E-state index in [2.05, 4.69) is 40.5 Å². The maximum Gasteiger partial charge on any atom is 0.124 e. The van der Waals surface area contributed by atoms with Gasteiger partial charge in [0.2, 0.25) is 0 Å². The Balaban J connectivity index is 0.00000193. The fraction of sp³-hybridized carbons (Fsp3) is 0.308. The summed E-state index contributed by atoms with van der Waals surface area (Å²) in [6, 6.07) is 24.8. The number of rotatable bonds is 8. The van der Waals surface area contributed by atoms with E-state index in [1.165, 1.54) is 5.56 Å². The van der Waals surface area contributed by atoms with Gasteiger partial charge in [0, 0.05) is 40.3 Å². The quantitative estimate of drug-likeness (QED) is 0.336. The van der Waals surface area contributed by atoms with Crippen molar-refractivity contribution in [1.29, 1.82) is 0 Å². The van der Waals surface area contributed by atoms with Crippen molar-refractivity contribution in [1.82, 2.24) is 10.2 Å². The van der Waals surface area contributed by atoms with Crippen LogP contribution in [0.5, 0.6) is 5.75 Å². The van der Waals surface area contributed by atoms with E-state index in [1.807, 2.05) is 42.5 Å². The number of nitrogens with one attached hydrogen (secondary N) is 1. The highest BCUT2D eigenvalue weighted by Crippen LogP contribution is 2.26. The van der Waals surface area contributed by atoms with Gasteiger partial charge in [0.25, 0.3) is 0 Å². The van der Waals surface area contributed by atoms with Gasteiger partial charge in [0.15, 0.2) is 0 Å². The summed E-state index contributed by atoms with van der Waals surface area (Å²) in [5.41, 5.74) is 3.43. The average Bonchev–Trinajstić information content (AvgIpc) is 2.80. The summed E-state index contributed by atoms with van der Waals surface area (Å²) in [5, 5.41) is 5.15. The first-order chi connectivity index (χ1) is 15.2. The lowest BCUT2D eigenvalue weighted by Gasteiger charge is -2.32. The second-order valence-corrected chi connectivity index (χ2v) is 8.89. The number of hydrogen-bond acceptors (Lipinski definition) is 3. The molecule has 1 aliphatic rings. The van der Waals surface area contributed by atoms with Crippen LogP contribution in [0, 0.1) is 0 Å². The molecule has 0 spiro atoms. The molecule has 33 heavy (non-hydrogen) atoms. The SMILES string of the molecule is Cl.Cl.Clc1ccc(OCc2ccccc2Cl)c(CNC2CCN(Cc3ccccc3)CC2)c1. The van der Waals surface area contributed by atoms with Crippen LogP contribution in [0.25, 0.3) is 0 Å². The molecule has 1 N–H and O–H groups in total. The normalized spacial score (nSPS) is 14.2. The van der Waals surface area contributed by atoms with Gasteiger partial charge in [-0.1, -0.05) is 71.7 Å². The van der Waals surface area contributed by atoms with E-state index in [-0.39, 0.29) is 24.8 Å². The molecule has 3 aromatic rings.